The highest BCUT2D eigenvalue weighted by atomic mass is 16.3. The van der Waals surface area contributed by atoms with Crippen LogP contribution in [0.25, 0.3) is 11.0 Å². The number of aliphatic hydroxyl groups excluding tert-OH is 2. The van der Waals surface area contributed by atoms with Crippen LogP contribution in [-0.2, 0) is 24.4 Å². The minimum absolute atomic E-state index is 0.0180. The fourth-order valence-corrected chi connectivity index (χ4v) is 3.58. The van der Waals surface area contributed by atoms with Gasteiger partial charge in [-0.15, -0.1) is 0 Å². The Labute approximate surface area is 173 Å². The molecular weight excluding hydrogens is 370 g/mol. The van der Waals surface area contributed by atoms with Gasteiger partial charge in [-0.1, -0.05) is 13.0 Å². The predicted octanol–water partition coefficient (Wildman–Crippen LogP) is 0.306. The van der Waals surface area contributed by atoms with Crippen molar-refractivity contribution in [2.75, 3.05) is 41.8 Å². The summed E-state index contributed by atoms with van der Waals surface area (Å²) in [5, 5.41) is 23.0. The summed E-state index contributed by atoms with van der Waals surface area (Å²) >= 11 is 0. The van der Waals surface area contributed by atoms with Crippen LogP contribution < -0.4 is 5.32 Å². The maximum Gasteiger partial charge on any atom is 0.239 e. The number of hydrogen-bond acceptors (Lipinski definition) is 6. The average Bonchev–Trinajstić information content (AvgIpc) is 3.01. The lowest BCUT2D eigenvalue weighted by molar-refractivity contribution is -0.130. The molecular formula is C21H35N5O3. The molecule has 0 saturated carbocycles. The second kappa shape index (κ2) is 10.2. The van der Waals surface area contributed by atoms with Crippen LogP contribution in [0.3, 0.4) is 0 Å². The minimum Gasteiger partial charge on any atom is -0.392 e. The Kier molecular flexibility index (Phi) is 8.15. The normalized spacial score (nSPS) is 15.1. The quantitative estimate of drug-likeness (QED) is 0.527. The number of imidazole rings is 1. The summed E-state index contributed by atoms with van der Waals surface area (Å²) < 4.78 is 2.16. The van der Waals surface area contributed by atoms with E-state index in [0.29, 0.717) is 6.42 Å². The number of carbonyl (C=O) groups excluding carboxylic acids is 1. The molecule has 29 heavy (non-hydrogen) atoms. The molecule has 0 aliphatic rings. The van der Waals surface area contributed by atoms with Gasteiger partial charge in [0.05, 0.1) is 23.7 Å². The molecule has 0 radical (unpaired) electrons. The number of fused-ring (bicyclic) bond motifs is 1. The summed E-state index contributed by atoms with van der Waals surface area (Å²) in [4.78, 5) is 20.9. The number of aliphatic hydroxyl groups is 2. The van der Waals surface area contributed by atoms with Gasteiger partial charge in [0.25, 0.3) is 0 Å². The van der Waals surface area contributed by atoms with E-state index in [4.69, 9.17) is 4.98 Å². The van der Waals surface area contributed by atoms with Crippen molar-refractivity contribution in [2.45, 2.75) is 38.6 Å². The number of amides is 1. The van der Waals surface area contributed by atoms with Gasteiger partial charge in [-0.25, -0.2) is 4.98 Å². The Morgan fingerprint density at radius 1 is 1.28 bits per heavy atom. The number of benzene rings is 1. The van der Waals surface area contributed by atoms with Crippen LogP contribution in [0.1, 0.15) is 18.3 Å². The Bertz CT molecular complexity index is 818. The van der Waals surface area contributed by atoms with Gasteiger partial charge in [-0.3, -0.25) is 9.69 Å². The first-order valence-electron chi connectivity index (χ1n) is 9.99. The molecule has 1 aromatic heterocycles. The highest BCUT2D eigenvalue weighted by molar-refractivity contribution is 5.82. The molecule has 162 valence electrons. The Hall–Kier alpha value is -2.00. The van der Waals surface area contributed by atoms with Crippen LogP contribution in [0.5, 0.6) is 0 Å². The molecule has 2 rings (SSSR count). The molecule has 1 aromatic carbocycles. The zero-order valence-corrected chi connectivity index (χ0v) is 18.4. The number of nitrogens with one attached hydrogen (secondary N) is 1. The lowest BCUT2D eigenvalue weighted by atomic mass is 9.93. The molecule has 0 aliphatic carbocycles. The summed E-state index contributed by atoms with van der Waals surface area (Å²) in [5.74, 6) is 0.493. The number of hydrogen-bond donors (Lipinski definition) is 3. The molecule has 0 saturated heterocycles. The topological polar surface area (TPSA) is 93.9 Å². The molecule has 3 atom stereocenters. The molecule has 0 bridgehead atoms. The number of aromatic nitrogens is 2. The van der Waals surface area contributed by atoms with E-state index in [-0.39, 0.29) is 18.4 Å². The highest BCUT2D eigenvalue weighted by Crippen LogP contribution is 2.23. The summed E-state index contributed by atoms with van der Waals surface area (Å²) in [5.41, 5.74) is 2.69. The standard InChI is InChI=1S/C21H35N5O3/c1-14(20(28)19(25(5)6)21(29)22-2)11-18-23-16-8-7-15(13-27)12-17(16)26(18)10-9-24(3)4/h7-8,12,14,19-20,27-28H,9-11,13H2,1-6H3,(H,22,29)/t14-,19+,20-/m1/s1. The largest absolute Gasteiger partial charge is 0.392 e. The zero-order chi connectivity index (χ0) is 21.7. The summed E-state index contributed by atoms with van der Waals surface area (Å²) in [7, 11) is 9.21. The van der Waals surface area contributed by atoms with Gasteiger partial charge >= 0.3 is 0 Å². The van der Waals surface area contributed by atoms with E-state index in [1.165, 1.54) is 0 Å². The van der Waals surface area contributed by atoms with Gasteiger partial charge in [0.2, 0.25) is 5.91 Å². The van der Waals surface area contributed by atoms with E-state index in [1.807, 2.05) is 39.2 Å². The van der Waals surface area contributed by atoms with Gasteiger partial charge in [0, 0.05) is 26.6 Å². The third-order valence-corrected chi connectivity index (χ3v) is 5.33. The Morgan fingerprint density at radius 2 is 1.97 bits per heavy atom. The van der Waals surface area contributed by atoms with E-state index < -0.39 is 12.1 Å². The van der Waals surface area contributed by atoms with E-state index in [2.05, 4.69) is 14.8 Å². The fourth-order valence-electron chi connectivity index (χ4n) is 3.58. The third-order valence-electron chi connectivity index (χ3n) is 5.33. The molecule has 1 amide bonds. The minimum atomic E-state index is -0.833. The molecule has 8 heteroatoms. The van der Waals surface area contributed by atoms with E-state index >= 15 is 0 Å². The second-order valence-corrected chi connectivity index (χ2v) is 8.16. The van der Waals surface area contributed by atoms with Crippen LogP contribution in [0.2, 0.25) is 0 Å². The van der Waals surface area contributed by atoms with Crippen molar-refractivity contribution in [1.82, 2.24) is 24.7 Å². The molecule has 3 N–H and O–H groups in total. The van der Waals surface area contributed by atoms with Crippen molar-refractivity contribution in [1.29, 1.82) is 0 Å². The summed E-state index contributed by atoms with van der Waals surface area (Å²) in [6, 6.07) is 5.14. The molecule has 2 aromatic rings. The van der Waals surface area contributed by atoms with Crippen molar-refractivity contribution in [2.24, 2.45) is 5.92 Å². The van der Waals surface area contributed by atoms with Gasteiger partial charge < -0.3 is 25.0 Å². The maximum atomic E-state index is 12.2. The second-order valence-electron chi connectivity index (χ2n) is 8.16. The number of nitrogens with zero attached hydrogens (tertiary/aromatic N) is 4. The number of rotatable bonds is 10. The van der Waals surface area contributed by atoms with Crippen LogP contribution in [-0.4, -0.2) is 89.4 Å². The van der Waals surface area contributed by atoms with Crippen molar-refractivity contribution in [3.05, 3.63) is 29.6 Å². The summed E-state index contributed by atoms with van der Waals surface area (Å²) in [6.07, 6.45) is -0.293. The van der Waals surface area contributed by atoms with Gasteiger partial charge in [0.1, 0.15) is 11.9 Å². The lowest BCUT2D eigenvalue weighted by Gasteiger charge is -2.31. The molecule has 0 aliphatic heterocycles. The van der Waals surface area contributed by atoms with Crippen LogP contribution in [0.15, 0.2) is 18.2 Å². The van der Waals surface area contributed by atoms with Gasteiger partial charge in [0.15, 0.2) is 0 Å². The molecule has 8 nitrogen and oxygen atoms in total. The lowest BCUT2D eigenvalue weighted by Crippen LogP contribution is -2.52. The third kappa shape index (κ3) is 5.54. The molecule has 0 fully saturated rings. The van der Waals surface area contributed by atoms with Crippen molar-refractivity contribution in [3.63, 3.8) is 0 Å². The van der Waals surface area contributed by atoms with E-state index in [9.17, 15) is 15.0 Å². The smallest absolute Gasteiger partial charge is 0.239 e. The first-order valence-corrected chi connectivity index (χ1v) is 9.99. The Morgan fingerprint density at radius 3 is 2.52 bits per heavy atom. The SMILES string of the molecule is CNC(=O)[C@H]([C@H](O)[C@H](C)Cc1nc2ccc(CO)cc2n1CCN(C)C)N(C)C. The monoisotopic (exact) mass is 405 g/mol. The van der Waals surface area contributed by atoms with Gasteiger partial charge in [-0.2, -0.15) is 0 Å². The van der Waals surface area contributed by atoms with E-state index in [0.717, 1.165) is 35.5 Å². The molecule has 1 heterocycles. The summed E-state index contributed by atoms with van der Waals surface area (Å²) in [6.45, 7) is 3.52. The van der Waals surface area contributed by atoms with Crippen LogP contribution in [0.4, 0.5) is 0 Å². The molecule has 0 spiro atoms. The van der Waals surface area contributed by atoms with Crippen molar-refractivity contribution >= 4 is 16.9 Å². The zero-order valence-electron chi connectivity index (χ0n) is 18.4. The Balaban J connectivity index is 2.35. The van der Waals surface area contributed by atoms with Crippen LogP contribution >= 0.6 is 0 Å². The fraction of sp³-hybridized carbons (Fsp3) is 0.619. The number of likely N-dealkylation sites (N-methyl/N-ethyl adjacent to an activating group) is 3. The van der Waals surface area contributed by atoms with Gasteiger partial charge in [-0.05, 0) is 51.8 Å². The number of carbonyl (C=O) groups is 1. The molecule has 0 unspecified atom stereocenters. The van der Waals surface area contributed by atoms with E-state index in [1.54, 1.807) is 26.0 Å². The predicted molar refractivity (Wildman–Crippen MR) is 115 cm³/mol. The van der Waals surface area contributed by atoms with Crippen molar-refractivity contribution in [3.8, 4) is 0 Å². The van der Waals surface area contributed by atoms with Crippen molar-refractivity contribution < 1.29 is 15.0 Å². The first kappa shape index (κ1) is 23.3. The highest BCUT2D eigenvalue weighted by Gasteiger charge is 2.32. The first-order chi connectivity index (χ1) is 13.7. The maximum absolute atomic E-state index is 12.2. The average molecular weight is 406 g/mol. The van der Waals surface area contributed by atoms with Crippen LogP contribution in [0, 0.1) is 5.92 Å².